The topological polar surface area (TPSA) is 57.0 Å². The van der Waals surface area contributed by atoms with Gasteiger partial charge in [0.1, 0.15) is 0 Å². The second kappa shape index (κ2) is 5.18. The molecule has 0 fully saturated rings. The van der Waals surface area contributed by atoms with E-state index in [1.54, 1.807) is 25.3 Å². The summed E-state index contributed by atoms with van der Waals surface area (Å²) in [4.78, 5) is 20.2. The van der Waals surface area contributed by atoms with Crippen molar-refractivity contribution >= 4 is 11.6 Å². The molecule has 2 heterocycles. The van der Waals surface area contributed by atoms with Gasteiger partial charge in [-0.25, -0.2) is 4.98 Å². The average molecular weight is 266 g/mol. The van der Waals surface area contributed by atoms with Gasteiger partial charge in [0, 0.05) is 23.0 Å². The minimum atomic E-state index is -0.180. The van der Waals surface area contributed by atoms with Crippen LogP contribution >= 0.6 is 11.6 Å². The molecule has 0 spiro atoms. The Kier molecular flexibility index (Phi) is 3.62. The van der Waals surface area contributed by atoms with E-state index in [9.17, 15) is 4.79 Å². The Hall–Kier alpha value is -1.88. The summed E-state index contributed by atoms with van der Waals surface area (Å²) < 4.78 is 6.51. The molecule has 0 aromatic carbocycles. The Labute approximate surface area is 109 Å². The number of halogens is 1. The first-order valence-electron chi connectivity index (χ1n) is 5.33. The molecule has 0 amide bonds. The summed E-state index contributed by atoms with van der Waals surface area (Å²) in [7, 11) is 1.48. The second-order valence-corrected chi connectivity index (χ2v) is 4.21. The summed E-state index contributed by atoms with van der Waals surface area (Å²) >= 11 is 5.88. The van der Waals surface area contributed by atoms with Crippen molar-refractivity contribution in [2.24, 2.45) is 0 Å². The van der Waals surface area contributed by atoms with E-state index in [2.05, 4.69) is 9.97 Å². The van der Waals surface area contributed by atoms with Gasteiger partial charge in [0.15, 0.2) is 0 Å². The lowest BCUT2D eigenvalue weighted by atomic mass is 10.3. The third-order valence-corrected chi connectivity index (χ3v) is 2.62. The van der Waals surface area contributed by atoms with Gasteiger partial charge in [-0.05, 0) is 19.1 Å². The van der Waals surface area contributed by atoms with E-state index in [1.807, 2.05) is 0 Å². The summed E-state index contributed by atoms with van der Waals surface area (Å²) in [6.07, 6.45) is 1.59. The maximum absolute atomic E-state index is 11.9. The van der Waals surface area contributed by atoms with E-state index in [-0.39, 0.29) is 18.1 Å². The Morgan fingerprint density at radius 2 is 2.22 bits per heavy atom. The van der Waals surface area contributed by atoms with Gasteiger partial charge in [-0.15, -0.1) is 0 Å². The zero-order chi connectivity index (χ0) is 13.1. The van der Waals surface area contributed by atoms with E-state index in [4.69, 9.17) is 16.3 Å². The predicted molar refractivity (Wildman–Crippen MR) is 68.1 cm³/mol. The van der Waals surface area contributed by atoms with Crippen LogP contribution in [0.4, 0.5) is 0 Å². The molecule has 0 bridgehead atoms. The molecule has 5 nitrogen and oxygen atoms in total. The largest absolute Gasteiger partial charge is 0.468 e. The van der Waals surface area contributed by atoms with Crippen LogP contribution in [-0.4, -0.2) is 21.6 Å². The molecule has 6 heteroatoms. The molecular formula is C12H12ClN3O2. The van der Waals surface area contributed by atoms with Crippen molar-refractivity contribution in [2.75, 3.05) is 7.11 Å². The SMILES string of the molecule is COc1nc(C)cc(=O)n1Cc1cc(Cl)ccn1. The van der Waals surface area contributed by atoms with Gasteiger partial charge in [-0.1, -0.05) is 11.6 Å². The van der Waals surface area contributed by atoms with Crippen LogP contribution in [0, 0.1) is 6.92 Å². The Bertz CT molecular complexity index is 625. The number of pyridine rings is 1. The lowest BCUT2D eigenvalue weighted by Gasteiger charge is -2.10. The van der Waals surface area contributed by atoms with Crippen molar-refractivity contribution in [3.05, 3.63) is 51.2 Å². The summed E-state index contributed by atoms with van der Waals surface area (Å²) in [6.45, 7) is 2.02. The second-order valence-electron chi connectivity index (χ2n) is 3.77. The third-order valence-electron chi connectivity index (χ3n) is 2.38. The number of nitrogens with zero attached hydrogens (tertiary/aromatic N) is 3. The van der Waals surface area contributed by atoms with Crippen LogP contribution in [-0.2, 0) is 6.54 Å². The first-order valence-corrected chi connectivity index (χ1v) is 5.71. The summed E-state index contributed by atoms with van der Waals surface area (Å²) in [5, 5.41) is 0.576. The first-order chi connectivity index (χ1) is 8.60. The van der Waals surface area contributed by atoms with Gasteiger partial charge in [0.05, 0.1) is 19.3 Å². The van der Waals surface area contributed by atoms with Crippen LogP contribution < -0.4 is 10.3 Å². The molecule has 0 saturated heterocycles. The molecule has 0 aliphatic rings. The number of aromatic nitrogens is 3. The minimum absolute atomic E-state index is 0.180. The highest BCUT2D eigenvalue weighted by Gasteiger charge is 2.08. The fourth-order valence-electron chi connectivity index (χ4n) is 1.59. The summed E-state index contributed by atoms with van der Waals surface area (Å²) in [5.41, 5.74) is 1.11. The van der Waals surface area contributed by atoms with Crippen molar-refractivity contribution in [1.29, 1.82) is 0 Å². The van der Waals surface area contributed by atoms with Crippen LogP contribution in [0.25, 0.3) is 0 Å². The average Bonchev–Trinajstić information content (AvgIpc) is 2.32. The van der Waals surface area contributed by atoms with Gasteiger partial charge in [-0.3, -0.25) is 14.3 Å². The van der Waals surface area contributed by atoms with Crippen LogP contribution in [0.2, 0.25) is 5.02 Å². The fraction of sp³-hybridized carbons (Fsp3) is 0.250. The highest BCUT2D eigenvalue weighted by Crippen LogP contribution is 2.11. The van der Waals surface area contributed by atoms with E-state index in [1.165, 1.54) is 17.7 Å². The molecule has 2 aromatic rings. The van der Waals surface area contributed by atoms with Crippen LogP contribution in [0.3, 0.4) is 0 Å². The van der Waals surface area contributed by atoms with Crippen molar-refractivity contribution in [1.82, 2.24) is 14.5 Å². The van der Waals surface area contributed by atoms with Crippen LogP contribution in [0.5, 0.6) is 6.01 Å². The predicted octanol–water partition coefficient (Wildman–Crippen LogP) is 1.66. The monoisotopic (exact) mass is 265 g/mol. The van der Waals surface area contributed by atoms with Crippen molar-refractivity contribution in [2.45, 2.75) is 13.5 Å². The number of hydrogen-bond acceptors (Lipinski definition) is 4. The molecule has 0 radical (unpaired) electrons. The van der Waals surface area contributed by atoms with E-state index >= 15 is 0 Å². The van der Waals surface area contributed by atoms with E-state index in [0.29, 0.717) is 16.4 Å². The first kappa shape index (κ1) is 12.6. The molecule has 94 valence electrons. The van der Waals surface area contributed by atoms with E-state index < -0.39 is 0 Å². The molecule has 0 aliphatic carbocycles. The standard InChI is InChI=1S/C12H12ClN3O2/c1-8-5-11(17)16(12(15-8)18-2)7-10-6-9(13)3-4-14-10/h3-6H,7H2,1-2H3. The molecule has 2 rings (SSSR count). The quantitative estimate of drug-likeness (QED) is 0.847. The van der Waals surface area contributed by atoms with Gasteiger partial charge >= 0.3 is 0 Å². The molecule has 0 saturated carbocycles. The van der Waals surface area contributed by atoms with Gasteiger partial charge < -0.3 is 4.74 Å². The van der Waals surface area contributed by atoms with Crippen LogP contribution in [0.15, 0.2) is 29.2 Å². The maximum Gasteiger partial charge on any atom is 0.299 e. The zero-order valence-electron chi connectivity index (χ0n) is 10.1. The van der Waals surface area contributed by atoms with Gasteiger partial charge in [-0.2, -0.15) is 0 Å². The number of rotatable bonds is 3. The van der Waals surface area contributed by atoms with E-state index in [0.717, 1.165) is 0 Å². The highest BCUT2D eigenvalue weighted by atomic mass is 35.5. The van der Waals surface area contributed by atoms with Gasteiger partial charge in [0.25, 0.3) is 11.6 Å². The highest BCUT2D eigenvalue weighted by molar-refractivity contribution is 6.30. The Morgan fingerprint density at radius 1 is 1.44 bits per heavy atom. The number of hydrogen-bond donors (Lipinski definition) is 0. The molecule has 0 N–H and O–H groups in total. The Morgan fingerprint density at radius 3 is 2.89 bits per heavy atom. The normalized spacial score (nSPS) is 10.4. The minimum Gasteiger partial charge on any atom is -0.468 e. The maximum atomic E-state index is 11.9. The molecule has 0 atom stereocenters. The number of aryl methyl sites for hydroxylation is 1. The summed E-state index contributed by atoms with van der Waals surface area (Å²) in [5.74, 6) is 0. The van der Waals surface area contributed by atoms with Crippen LogP contribution in [0.1, 0.15) is 11.4 Å². The lowest BCUT2D eigenvalue weighted by molar-refractivity contribution is 0.349. The van der Waals surface area contributed by atoms with Crippen molar-refractivity contribution in [3.63, 3.8) is 0 Å². The molecule has 18 heavy (non-hydrogen) atoms. The Balaban J connectivity index is 2.43. The number of methoxy groups -OCH3 is 1. The molecule has 0 aliphatic heterocycles. The lowest BCUT2D eigenvalue weighted by Crippen LogP contribution is -2.23. The van der Waals surface area contributed by atoms with Gasteiger partial charge in [0.2, 0.25) is 0 Å². The molecule has 0 unspecified atom stereocenters. The fourth-order valence-corrected chi connectivity index (χ4v) is 1.78. The van der Waals surface area contributed by atoms with Crippen molar-refractivity contribution < 1.29 is 4.74 Å². The number of ether oxygens (including phenoxy) is 1. The smallest absolute Gasteiger partial charge is 0.299 e. The molecular weight excluding hydrogens is 254 g/mol. The zero-order valence-corrected chi connectivity index (χ0v) is 10.8. The summed E-state index contributed by atoms with van der Waals surface area (Å²) in [6, 6.07) is 5.10. The van der Waals surface area contributed by atoms with Crippen molar-refractivity contribution in [3.8, 4) is 6.01 Å². The molecule has 2 aromatic heterocycles. The third kappa shape index (κ3) is 2.68.